The molecule has 0 aliphatic carbocycles. The van der Waals surface area contributed by atoms with Crippen LogP contribution in [0.3, 0.4) is 0 Å². The zero-order valence-corrected chi connectivity index (χ0v) is 12.9. The highest BCUT2D eigenvalue weighted by atomic mass is 16.5. The highest BCUT2D eigenvalue weighted by Crippen LogP contribution is 2.13. The van der Waals surface area contributed by atoms with E-state index in [0.717, 1.165) is 38.7 Å². The van der Waals surface area contributed by atoms with Crippen LogP contribution >= 0.6 is 0 Å². The maximum absolute atomic E-state index is 11.5. The van der Waals surface area contributed by atoms with E-state index in [2.05, 4.69) is 22.1 Å². The van der Waals surface area contributed by atoms with Crippen LogP contribution in [-0.2, 0) is 9.47 Å². The molecule has 1 saturated heterocycles. The molecule has 0 aromatic carbocycles. The summed E-state index contributed by atoms with van der Waals surface area (Å²) in [6, 6.07) is 3.84. The second kappa shape index (κ2) is 7.38. The molecule has 116 valence electrons. The second-order valence-electron chi connectivity index (χ2n) is 5.28. The number of hydrogen-bond donors (Lipinski definition) is 1. The van der Waals surface area contributed by atoms with Crippen molar-refractivity contribution < 1.29 is 14.3 Å². The van der Waals surface area contributed by atoms with E-state index in [9.17, 15) is 4.79 Å². The predicted octanol–water partition coefficient (Wildman–Crippen LogP) is 1.31. The molecule has 1 atom stereocenters. The van der Waals surface area contributed by atoms with Crippen molar-refractivity contribution in [1.82, 2.24) is 9.88 Å². The lowest BCUT2D eigenvalue weighted by molar-refractivity contribution is 0.0368. The number of morpholine rings is 1. The summed E-state index contributed by atoms with van der Waals surface area (Å²) in [6.45, 7) is 8.43. The summed E-state index contributed by atoms with van der Waals surface area (Å²) < 4.78 is 10.1. The fraction of sp³-hybridized carbons (Fsp3) is 0.600. The molecule has 2 heterocycles. The van der Waals surface area contributed by atoms with Gasteiger partial charge in [-0.3, -0.25) is 4.90 Å². The molecule has 0 spiro atoms. The van der Waals surface area contributed by atoms with E-state index < -0.39 is 0 Å². The van der Waals surface area contributed by atoms with E-state index in [1.807, 2.05) is 13.0 Å². The minimum atomic E-state index is -0.354. The number of carbonyl (C=O) groups is 1. The van der Waals surface area contributed by atoms with Gasteiger partial charge in [0.25, 0.3) is 0 Å². The number of carbonyl (C=O) groups excluding carboxylic acids is 1. The highest BCUT2D eigenvalue weighted by molar-refractivity contribution is 5.90. The van der Waals surface area contributed by atoms with Gasteiger partial charge < -0.3 is 14.8 Å². The number of rotatable bonds is 5. The van der Waals surface area contributed by atoms with Crippen LogP contribution in [0.5, 0.6) is 0 Å². The van der Waals surface area contributed by atoms with E-state index in [-0.39, 0.29) is 12.0 Å². The van der Waals surface area contributed by atoms with Crippen molar-refractivity contribution >= 4 is 11.8 Å². The van der Waals surface area contributed by atoms with Crippen molar-refractivity contribution in [2.75, 3.05) is 45.3 Å². The Morgan fingerprint density at radius 2 is 2.19 bits per heavy atom. The zero-order valence-electron chi connectivity index (χ0n) is 12.9. The molecule has 1 N–H and O–H groups in total. The number of esters is 1. The first kappa shape index (κ1) is 15.7. The van der Waals surface area contributed by atoms with Crippen molar-refractivity contribution in [1.29, 1.82) is 0 Å². The van der Waals surface area contributed by atoms with E-state index >= 15 is 0 Å². The Bertz CT molecular complexity index is 487. The first-order valence-corrected chi connectivity index (χ1v) is 7.22. The number of methoxy groups -OCH3 is 1. The Labute approximate surface area is 125 Å². The topological polar surface area (TPSA) is 63.7 Å². The summed E-state index contributed by atoms with van der Waals surface area (Å²) in [7, 11) is 1.37. The Morgan fingerprint density at radius 3 is 2.81 bits per heavy atom. The summed E-state index contributed by atoms with van der Waals surface area (Å²) in [4.78, 5) is 18.3. The van der Waals surface area contributed by atoms with Crippen LogP contribution in [0.25, 0.3) is 0 Å². The molecule has 1 unspecified atom stereocenters. The van der Waals surface area contributed by atoms with Crippen LogP contribution in [0, 0.1) is 6.92 Å². The third-order valence-electron chi connectivity index (χ3n) is 3.52. The Hall–Kier alpha value is -1.66. The van der Waals surface area contributed by atoms with E-state index in [1.165, 1.54) is 7.11 Å². The van der Waals surface area contributed by atoms with E-state index in [1.54, 1.807) is 6.07 Å². The van der Waals surface area contributed by atoms with E-state index in [4.69, 9.17) is 9.47 Å². The molecule has 1 aromatic heterocycles. The van der Waals surface area contributed by atoms with Gasteiger partial charge in [-0.05, 0) is 26.0 Å². The maximum atomic E-state index is 11.5. The molecule has 1 aliphatic rings. The maximum Gasteiger partial charge on any atom is 0.339 e. The number of ether oxygens (including phenoxy) is 2. The third kappa shape index (κ3) is 4.41. The van der Waals surface area contributed by atoms with Gasteiger partial charge >= 0.3 is 5.97 Å². The van der Waals surface area contributed by atoms with Crippen LogP contribution in [0.15, 0.2) is 12.1 Å². The molecular weight excluding hydrogens is 270 g/mol. The fourth-order valence-electron chi connectivity index (χ4n) is 2.44. The van der Waals surface area contributed by atoms with Gasteiger partial charge in [0.2, 0.25) is 0 Å². The number of nitrogens with one attached hydrogen (secondary N) is 1. The van der Waals surface area contributed by atoms with Crippen molar-refractivity contribution in [3.8, 4) is 0 Å². The molecule has 1 aromatic rings. The molecule has 0 radical (unpaired) electrons. The van der Waals surface area contributed by atoms with Crippen molar-refractivity contribution in [3.63, 3.8) is 0 Å². The van der Waals surface area contributed by atoms with Gasteiger partial charge in [0.1, 0.15) is 5.82 Å². The first-order valence-electron chi connectivity index (χ1n) is 7.22. The number of aryl methyl sites for hydroxylation is 1. The molecule has 1 aliphatic heterocycles. The summed E-state index contributed by atoms with van der Waals surface area (Å²) >= 11 is 0. The van der Waals surface area contributed by atoms with Crippen LogP contribution in [0.2, 0.25) is 0 Å². The zero-order chi connectivity index (χ0) is 15.2. The number of nitrogens with zero attached hydrogens (tertiary/aromatic N) is 2. The molecule has 0 bridgehead atoms. The Kier molecular flexibility index (Phi) is 5.52. The molecule has 1 fully saturated rings. The molecule has 6 nitrogen and oxygen atoms in total. The van der Waals surface area contributed by atoms with Crippen molar-refractivity contribution in [3.05, 3.63) is 23.4 Å². The van der Waals surface area contributed by atoms with E-state index in [0.29, 0.717) is 11.3 Å². The van der Waals surface area contributed by atoms with Crippen LogP contribution in [-0.4, -0.2) is 61.9 Å². The lowest BCUT2D eigenvalue weighted by Gasteiger charge is -2.29. The first-order chi connectivity index (χ1) is 10.1. The fourth-order valence-corrected chi connectivity index (χ4v) is 2.44. The summed E-state index contributed by atoms with van der Waals surface area (Å²) in [5, 5.41) is 3.37. The van der Waals surface area contributed by atoms with Gasteiger partial charge in [0.15, 0.2) is 0 Å². The van der Waals surface area contributed by atoms with Gasteiger partial charge in [-0.2, -0.15) is 0 Å². The Balaban J connectivity index is 1.92. The monoisotopic (exact) mass is 293 g/mol. The largest absolute Gasteiger partial charge is 0.465 e. The van der Waals surface area contributed by atoms with Crippen LogP contribution in [0.4, 0.5) is 5.82 Å². The number of anilines is 1. The molecule has 0 amide bonds. The minimum absolute atomic E-state index is 0.277. The molecular formula is C15H23N3O3. The number of pyridine rings is 1. The molecule has 2 rings (SSSR count). The standard InChI is InChI=1S/C15H23N3O3/c1-11(10-18-6-8-21-9-7-18)16-14-5-4-13(12(2)17-14)15(19)20-3/h4-5,11H,6-10H2,1-3H3,(H,16,17). The smallest absolute Gasteiger partial charge is 0.339 e. The van der Waals surface area contributed by atoms with Gasteiger partial charge in [-0.1, -0.05) is 0 Å². The van der Waals surface area contributed by atoms with Gasteiger partial charge in [-0.25, -0.2) is 9.78 Å². The second-order valence-corrected chi connectivity index (χ2v) is 5.28. The number of hydrogen-bond acceptors (Lipinski definition) is 6. The molecule has 21 heavy (non-hydrogen) atoms. The molecule has 6 heteroatoms. The predicted molar refractivity (Wildman–Crippen MR) is 80.7 cm³/mol. The lowest BCUT2D eigenvalue weighted by atomic mass is 10.2. The highest BCUT2D eigenvalue weighted by Gasteiger charge is 2.15. The number of aromatic nitrogens is 1. The third-order valence-corrected chi connectivity index (χ3v) is 3.52. The van der Waals surface area contributed by atoms with Crippen LogP contribution in [0.1, 0.15) is 23.0 Å². The quantitative estimate of drug-likeness (QED) is 0.826. The summed E-state index contributed by atoms with van der Waals surface area (Å²) in [6.07, 6.45) is 0. The van der Waals surface area contributed by atoms with Gasteiger partial charge in [0, 0.05) is 25.7 Å². The average Bonchev–Trinajstić information content (AvgIpc) is 2.47. The van der Waals surface area contributed by atoms with Crippen LogP contribution < -0.4 is 5.32 Å². The van der Waals surface area contributed by atoms with Gasteiger partial charge in [-0.15, -0.1) is 0 Å². The van der Waals surface area contributed by atoms with Gasteiger partial charge in [0.05, 0.1) is 31.6 Å². The Morgan fingerprint density at radius 1 is 1.48 bits per heavy atom. The van der Waals surface area contributed by atoms with Crippen molar-refractivity contribution in [2.45, 2.75) is 19.9 Å². The lowest BCUT2D eigenvalue weighted by Crippen LogP contribution is -2.42. The SMILES string of the molecule is COC(=O)c1ccc(NC(C)CN2CCOCC2)nc1C. The minimum Gasteiger partial charge on any atom is -0.465 e. The normalized spacial score (nSPS) is 17.3. The summed E-state index contributed by atoms with van der Waals surface area (Å²) in [5.41, 5.74) is 1.18. The van der Waals surface area contributed by atoms with Crippen molar-refractivity contribution in [2.24, 2.45) is 0 Å². The average molecular weight is 293 g/mol. The molecule has 0 saturated carbocycles. The summed E-state index contributed by atoms with van der Waals surface area (Å²) in [5.74, 6) is 0.425.